The topological polar surface area (TPSA) is 75.8 Å². The number of amides is 1. The van der Waals surface area contributed by atoms with Gasteiger partial charge in [0.05, 0.1) is 13.7 Å². The van der Waals surface area contributed by atoms with Crippen LogP contribution in [-0.4, -0.2) is 36.1 Å². The molecule has 0 bridgehead atoms. The summed E-state index contributed by atoms with van der Waals surface area (Å²) in [4.78, 5) is 13.1. The van der Waals surface area contributed by atoms with E-state index in [0.29, 0.717) is 18.2 Å². The lowest BCUT2D eigenvalue weighted by molar-refractivity contribution is -0.119. The first kappa shape index (κ1) is 15.3. The highest BCUT2D eigenvalue weighted by molar-refractivity contribution is 5.75. The molecular weight excluding hydrogens is 244 g/mol. The number of primary amides is 1. The number of rotatable bonds is 7. The van der Waals surface area contributed by atoms with E-state index in [9.17, 15) is 9.90 Å². The third-order valence-electron chi connectivity index (χ3n) is 2.65. The van der Waals surface area contributed by atoms with Crippen LogP contribution in [0.25, 0.3) is 0 Å². The molecule has 0 heterocycles. The highest BCUT2D eigenvalue weighted by atomic mass is 16.5. The van der Waals surface area contributed by atoms with Gasteiger partial charge >= 0.3 is 0 Å². The third-order valence-corrected chi connectivity index (χ3v) is 2.65. The maximum absolute atomic E-state index is 11.1. The molecule has 0 aliphatic heterocycles. The Morgan fingerprint density at radius 1 is 1.47 bits per heavy atom. The van der Waals surface area contributed by atoms with Gasteiger partial charge in [-0.2, -0.15) is 0 Å². The summed E-state index contributed by atoms with van der Waals surface area (Å²) in [6.07, 6.45) is 0. The minimum Gasteiger partial charge on any atom is -0.504 e. The molecule has 5 nitrogen and oxygen atoms in total. The fourth-order valence-corrected chi connectivity index (χ4v) is 2.00. The Morgan fingerprint density at radius 3 is 2.68 bits per heavy atom. The van der Waals surface area contributed by atoms with Crippen molar-refractivity contribution in [3.8, 4) is 11.5 Å². The van der Waals surface area contributed by atoms with Gasteiger partial charge in [-0.3, -0.25) is 9.69 Å². The van der Waals surface area contributed by atoms with Crippen LogP contribution >= 0.6 is 0 Å². The molecule has 1 rings (SSSR count). The van der Waals surface area contributed by atoms with Gasteiger partial charge in [0, 0.05) is 13.1 Å². The van der Waals surface area contributed by atoms with Gasteiger partial charge in [-0.15, -0.1) is 0 Å². The minimum absolute atomic E-state index is 0.108. The average Bonchev–Trinajstić information content (AvgIpc) is 2.29. The Bertz CT molecular complexity index is 433. The summed E-state index contributed by atoms with van der Waals surface area (Å²) in [7, 11) is 1.51. The molecule has 0 aromatic heterocycles. The van der Waals surface area contributed by atoms with Gasteiger partial charge in [-0.25, -0.2) is 0 Å². The van der Waals surface area contributed by atoms with E-state index in [-0.39, 0.29) is 18.2 Å². The molecule has 0 radical (unpaired) electrons. The average molecular weight is 266 g/mol. The molecule has 0 atom stereocenters. The normalized spacial score (nSPS) is 11.0. The molecule has 5 heteroatoms. The first-order valence-corrected chi connectivity index (χ1v) is 6.29. The van der Waals surface area contributed by atoms with Crippen molar-refractivity contribution in [3.63, 3.8) is 0 Å². The van der Waals surface area contributed by atoms with E-state index >= 15 is 0 Å². The van der Waals surface area contributed by atoms with Crippen LogP contribution in [0.3, 0.4) is 0 Å². The van der Waals surface area contributed by atoms with Crippen LogP contribution in [0.15, 0.2) is 18.2 Å². The Balaban J connectivity index is 2.80. The van der Waals surface area contributed by atoms with E-state index < -0.39 is 0 Å². The smallest absolute Gasteiger partial charge is 0.231 e. The minimum atomic E-state index is -0.341. The third kappa shape index (κ3) is 5.18. The molecule has 0 saturated heterocycles. The zero-order valence-electron chi connectivity index (χ0n) is 11.7. The number of hydrogen-bond acceptors (Lipinski definition) is 4. The Kier molecular flexibility index (Phi) is 5.63. The first-order valence-electron chi connectivity index (χ1n) is 6.29. The fraction of sp³-hybridized carbons (Fsp3) is 0.500. The molecule has 0 spiro atoms. The van der Waals surface area contributed by atoms with Crippen molar-refractivity contribution in [2.75, 3.05) is 20.2 Å². The summed E-state index contributed by atoms with van der Waals surface area (Å²) in [5.41, 5.74) is 6.23. The van der Waals surface area contributed by atoms with Crippen molar-refractivity contribution in [2.24, 2.45) is 11.7 Å². The Labute approximate surface area is 114 Å². The summed E-state index contributed by atoms with van der Waals surface area (Å²) < 4.78 is 5.07. The van der Waals surface area contributed by atoms with Crippen molar-refractivity contribution in [1.29, 1.82) is 0 Å². The molecular formula is C14H22N2O3. The van der Waals surface area contributed by atoms with Crippen molar-refractivity contribution >= 4 is 5.91 Å². The molecule has 1 aromatic carbocycles. The van der Waals surface area contributed by atoms with E-state index in [4.69, 9.17) is 10.5 Å². The van der Waals surface area contributed by atoms with E-state index in [1.54, 1.807) is 12.1 Å². The number of carbonyl (C=O) groups is 1. The molecule has 1 amide bonds. The first-order chi connectivity index (χ1) is 8.92. The lowest BCUT2D eigenvalue weighted by atomic mass is 10.1. The molecule has 0 aliphatic carbocycles. The summed E-state index contributed by atoms with van der Waals surface area (Å²) in [6.45, 7) is 5.78. The van der Waals surface area contributed by atoms with Gasteiger partial charge in [0.1, 0.15) is 0 Å². The monoisotopic (exact) mass is 266 g/mol. The van der Waals surface area contributed by atoms with Gasteiger partial charge < -0.3 is 15.6 Å². The van der Waals surface area contributed by atoms with Crippen LogP contribution in [-0.2, 0) is 11.3 Å². The Hall–Kier alpha value is -1.75. The molecule has 0 fully saturated rings. The number of benzene rings is 1. The van der Waals surface area contributed by atoms with Gasteiger partial charge in [0.25, 0.3) is 0 Å². The van der Waals surface area contributed by atoms with Crippen molar-refractivity contribution in [2.45, 2.75) is 20.4 Å². The molecule has 106 valence electrons. The largest absolute Gasteiger partial charge is 0.504 e. The van der Waals surface area contributed by atoms with Crippen LogP contribution in [0.2, 0.25) is 0 Å². The fourth-order valence-electron chi connectivity index (χ4n) is 2.00. The second-order valence-electron chi connectivity index (χ2n) is 5.04. The predicted octanol–water partition coefficient (Wildman–Crippen LogP) is 1.34. The highest BCUT2D eigenvalue weighted by Gasteiger charge is 2.12. The number of phenols is 1. The number of hydrogen-bond donors (Lipinski definition) is 2. The molecule has 3 N–H and O–H groups in total. The number of aromatic hydroxyl groups is 1. The van der Waals surface area contributed by atoms with E-state index in [1.165, 1.54) is 7.11 Å². The zero-order valence-corrected chi connectivity index (χ0v) is 11.7. The number of nitrogens with two attached hydrogens (primary N) is 1. The number of carbonyl (C=O) groups excluding carboxylic acids is 1. The number of methoxy groups -OCH3 is 1. The summed E-state index contributed by atoms with van der Waals surface area (Å²) in [5.74, 6) is 0.641. The van der Waals surface area contributed by atoms with Crippen LogP contribution in [0.5, 0.6) is 11.5 Å². The maximum atomic E-state index is 11.1. The standard InChI is InChI=1S/C14H22N2O3/c1-10(2)7-16(9-14(15)18)8-11-4-5-12(17)13(6-11)19-3/h4-6,10,17H,7-9H2,1-3H3,(H2,15,18). The van der Waals surface area contributed by atoms with E-state index in [0.717, 1.165) is 12.1 Å². The van der Waals surface area contributed by atoms with Gasteiger partial charge in [0.2, 0.25) is 5.91 Å². The van der Waals surface area contributed by atoms with Crippen molar-refractivity contribution in [1.82, 2.24) is 4.90 Å². The maximum Gasteiger partial charge on any atom is 0.231 e. The van der Waals surface area contributed by atoms with Crippen LogP contribution in [0, 0.1) is 5.92 Å². The van der Waals surface area contributed by atoms with Crippen molar-refractivity contribution in [3.05, 3.63) is 23.8 Å². The predicted molar refractivity (Wildman–Crippen MR) is 74.0 cm³/mol. The summed E-state index contributed by atoms with van der Waals surface area (Å²) >= 11 is 0. The quantitative estimate of drug-likeness (QED) is 0.781. The summed E-state index contributed by atoms with van der Waals surface area (Å²) in [5, 5.41) is 9.55. The number of phenolic OH excluding ortho intramolecular Hbond substituents is 1. The Morgan fingerprint density at radius 2 is 2.16 bits per heavy atom. The van der Waals surface area contributed by atoms with Gasteiger partial charge in [-0.1, -0.05) is 19.9 Å². The number of ether oxygens (including phenoxy) is 1. The van der Waals surface area contributed by atoms with Gasteiger partial charge in [-0.05, 0) is 23.6 Å². The second-order valence-corrected chi connectivity index (χ2v) is 5.04. The zero-order chi connectivity index (χ0) is 14.4. The van der Waals surface area contributed by atoms with E-state index in [2.05, 4.69) is 13.8 Å². The molecule has 0 aliphatic rings. The molecule has 0 saturated carbocycles. The second kappa shape index (κ2) is 6.99. The van der Waals surface area contributed by atoms with Crippen LogP contribution in [0.1, 0.15) is 19.4 Å². The SMILES string of the molecule is COc1cc(CN(CC(N)=O)CC(C)C)ccc1O. The van der Waals surface area contributed by atoms with Crippen molar-refractivity contribution < 1.29 is 14.6 Å². The highest BCUT2D eigenvalue weighted by Crippen LogP contribution is 2.26. The van der Waals surface area contributed by atoms with Crippen LogP contribution < -0.4 is 10.5 Å². The molecule has 0 unspecified atom stereocenters. The van der Waals surface area contributed by atoms with Gasteiger partial charge in [0.15, 0.2) is 11.5 Å². The number of nitrogens with zero attached hydrogens (tertiary/aromatic N) is 1. The lowest BCUT2D eigenvalue weighted by Crippen LogP contribution is -2.35. The van der Waals surface area contributed by atoms with E-state index in [1.807, 2.05) is 11.0 Å². The lowest BCUT2D eigenvalue weighted by Gasteiger charge is -2.23. The summed E-state index contributed by atoms with van der Waals surface area (Å²) in [6, 6.07) is 5.17. The molecule has 1 aromatic rings. The van der Waals surface area contributed by atoms with Crippen LogP contribution in [0.4, 0.5) is 0 Å². The molecule has 19 heavy (non-hydrogen) atoms.